The molecule has 1 aliphatic carbocycles. The summed E-state index contributed by atoms with van der Waals surface area (Å²) in [5, 5.41) is 0. The van der Waals surface area contributed by atoms with Crippen molar-refractivity contribution in [2.75, 3.05) is 32.7 Å². The van der Waals surface area contributed by atoms with Crippen LogP contribution in [0, 0.1) is 5.92 Å². The van der Waals surface area contributed by atoms with Crippen molar-refractivity contribution in [1.29, 1.82) is 0 Å². The van der Waals surface area contributed by atoms with Crippen LogP contribution >= 0.6 is 0 Å². The van der Waals surface area contributed by atoms with Crippen LogP contribution in [-0.2, 0) is 4.74 Å². The molecule has 1 saturated heterocycles. The van der Waals surface area contributed by atoms with Gasteiger partial charge in [0, 0.05) is 32.2 Å². The number of hydrogen-bond donors (Lipinski definition) is 1. The monoisotopic (exact) mass is 283 g/mol. The van der Waals surface area contributed by atoms with E-state index in [9.17, 15) is 4.79 Å². The first kappa shape index (κ1) is 15.6. The van der Waals surface area contributed by atoms with Gasteiger partial charge in [0.2, 0.25) is 0 Å². The van der Waals surface area contributed by atoms with Crippen LogP contribution < -0.4 is 5.73 Å². The number of nitrogens with zero attached hydrogens (tertiary/aromatic N) is 2. The highest BCUT2D eigenvalue weighted by Gasteiger charge is 2.32. The number of nitrogens with two attached hydrogens (primary N) is 1. The van der Waals surface area contributed by atoms with E-state index in [1.807, 2.05) is 20.8 Å². The molecule has 1 amide bonds. The summed E-state index contributed by atoms with van der Waals surface area (Å²) in [6.07, 6.45) is 3.86. The highest BCUT2D eigenvalue weighted by atomic mass is 16.6. The molecule has 5 heteroatoms. The molecule has 1 saturated carbocycles. The van der Waals surface area contributed by atoms with E-state index in [2.05, 4.69) is 4.90 Å². The van der Waals surface area contributed by atoms with Gasteiger partial charge in [0.05, 0.1) is 0 Å². The molecule has 2 aliphatic rings. The van der Waals surface area contributed by atoms with E-state index in [-0.39, 0.29) is 12.1 Å². The largest absolute Gasteiger partial charge is 0.444 e. The fourth-order valence-electron chi connectivity index (χ4n) is 2.66. The topological polar surface area (TPSA) is 58.8 Å². The zero-order chi connectivity index (χ0) is 14.8. The van der Waals surface area contributed by atoms with Gasteiger partial charge < -0.3 is 15.4 Å². The van der Waals surface area contributed by atoms with Crippen LogP contribution in [0.15, 0.2) is 0 Å². The van der Waals surface area contributed by atoms with E-state index < -0.39 is 5.60 Å². The van der Waals surface area contributed by atoms with Gasteiger partial charge in [-0.3, -0.25) is 4.90 Å². The quantitative estimate of drug-likeness (QED) is 0.852. The molecular weight excluding hydrogens is 254 g/mol. The van der Waals surface area contributed by atoms with Crippen molar-refractivity contribution >= 4 is 6.09 Å². The Labute approximate surface area is 122 Å². The Morgan fingerprint density at radius 3 is 2.55 bits per heavy atom. The van der Waals surface area contributed by atoms with Crippen molar-refractivity contribution in [3.63, 3.8) is 0 Å². The Morgan fingerprint density at radius 2 is 2.00 bits per heavy atom. The lowest BCUT2D eigenvalue weighted by atomic mass is 10.1. The molecule has 2 N–H and O–H groups in total. The number of rotatable bonds is 4. The van der Waals surface area contributed by atoms with E-state index >= 15 is 0 Å². The van der Waals surface area contributed by atoms with Crippen LogP contribution in [0.1, 0.15) is 40.0 Å². The van der Waals surface area contributed by atoms with E-state index in [1.165, 1.54) is 19.3 Å². The van der Waals surface area contributed by atoms with Crippen molar-refractivity contribution in [1.82, 2.24) is 9.80 Å². The van der Waals surface area contributed by atoms with Gasteiger partial charge in [0.1, 0.15) is 5.60 Å². The standard InChI is InChI=1S/C15H29N3O2/c1-15(2,3)20-14(19)18-9-8-17(13(10-16)11-18)7-6-12-4-5-12/h12-13H,4-11,16H2,1-3H3. The third kappa shape index (κ3) is 4.63. The molecule has 0 bridgehead atoms. The van der Waals surface area contributed by atoms with Crippen LogP contribution in [0.25, 0.3) is 0 Å². The fraction of sp³-hybridized carbons (Fsp3) is 0.933. The lowest BCUT2D eigenvalue weighted by Crippen LogP contribution is -2.58. The molecule has 1 atom stereocenters. The molecule has 2 rings (SSSR count). The minimum absolute atomic E-state index is 0.210. The average Bonchev–Trinajstić information content (AvgIpc) is 3.18. The highest BCUT2D eigenvalue weighted by molar-refractivity contribution is 5.68. The van der Waals surface area contributed by atoms with Crippen LogP contribution in [0.5, 0.6) is 0 Å². The van der Waals surface area contributed by atoms with Gasteiger partial charge in [-0.15, -0.1) is 0 Å². The van der Waals surface area contributed by atoms with Gasteiger partial charge in [-0.25, -0.2) is 4.79 Å². The Hall–Kier alpha value is -0.810. The number of amides is 1. The van der Waals surface area contributed by atoms with E-state index in [1.54, 1.807) is 4.90 Å². The molecule has 5 nitrogen and oxygen atoms in total. The highest BCUT2D eigenvalue weighted by Crippen LogP contribution is 2.32. The Kier molecular flexibility index (Phi) is 4.91. The minimum Gasteiger partial charge on any atom is -0.444 e. The Morgan fingerprint density at radius 1 is 1.30 bits per heavy atom. The predicted octanol–water partition coefficient (Wildman–Crippen LogP) is 1.67. The van der Waals surface area contributed by atoms with E-state index in [0.717, 1.165) is 25.6 Å². The number of ether oxygens (including phenoxy) is 1. The first-order valence-corrected chi connectivity index (χ1v) is 7.81. The SMILES string of the molecule is CC(C)(C)OC(=O)N1CCN(CCC2CC2)C(CN)C1. The van der Waals surface area contributed by atoms with Gasteiger partial charge in [0.15, 0.2) is 0 Å². The third-order valence-electron chi connectivity index (χ3n) is 4.05. The molecular formula is C15H29N3O2. The molecule has 0 radical (unpaired) electrons. The third-order valence-corrected chi connectivity index (χ3v) is 4.05. The van der Waals surface area contributed by atoms with Gasteiger partial charge in [-0.05, 0) is 39.7 Å². The van der Waals surface area contributed by atoms with Gasteiger partial charge in [-0.2, -0.15) is 0 Å². The first-order valence-electron chi connectivity index (χ1n) is 7.81. The van der Waals surface area contributed by atoms with Crippen molar-refractivity contribution in [2.45, 2.75) is 51.7 Å². The summed E-state index contributed by atoms with van der Waals surface area (Å²) in [6.45, 7) is 9.77. The minimum atomic E-state index is -0.432. The second kappa shape index (κ2) is 6.31. The molecule has 1 heterocycles. The molecule has 0 aromatic heterocycles. The predicted molar refractivity (Wildman–Crippen MR) is 79.6 cm³/mol. The summed E-state index contributed by atoms with van der Waals surface area (Å²) in [4.78, 5) is 16.3. The first-order chi connectivity index (χ1) is 9.39. The molecule has 1 unspecified atom stereocenters. The maximum atomic E-state index is 12.1. The van der Waals surface area contributed by atoms with Crippen molar-refractivity contribution in [3.8, 4) is 0 Å². The summed E-state index contributed by atoms with van der Waals surface area (Å²) in [7, 11) is 0. The van der Waals surface area contributed by atoms with Crippen LogP contribution in [-0.4, -0.2) is 60.3 Å². The summed E-state index contributed by atoms with van der Waals surface area (Å²) in [5.41, 5.74) is 5.45. The van der Waals surface area contributed by atoms with Gasteiger partial charge in [0.25, 0.3) is 0 Å². The summed E-state index contributed by atoms with van der Waals surface area (Å²) < 4.78 is 5.44. The molecule has 2 fully saturated rings. The summed E-state index contributed by atoms with van der Waals surface area (Å²) >= 11 is 0. The van der Waals surface area contributed by atoms with Crippen molar-refractivity contribution < 1.29 is 9.53 Å². The van der Waals surface area contributed by atoms with E-state index in [0.29, 0.717) is 13.1 Å². The zero-order valence-corrected chi connectivity index (χ0v) is 13.1. The molecule has 20 heavy (non-hydrogen) atoms. The van der Waals surface area contributed by atoms with E-state index in [4.69, 9.17) is 10.5 Å². The lowest BCUT2D eigenvalue weighted by molar-refractivity contribution is 0.00447. The van der Waals surface area contributed by atoms with Crippen LogP contribution in [0.4, 0.5) is 4.79 Å². The normalized spacial score (nSPS) is 24.8. The van der Waals surface area contributed by atoms with Crippen LogP contribution in [0.3, 0.4) is 0 Å². The fourth-order valence-corrected chi connectivity index (χ4v) is 2.66. The number of piperazine rings is 1. The zero-order valence-electron chi connectivity index (χ0n) is 13.1. The number of carbonyl (C=O) groups excluding carboxylic acids is 1. The maximum absolute atomic E-state index is 12.1. The maximum Gasteiger partial charge on any atom is 0.410 e. The lowest BCUT2D eigenvalue weighted by Gasteiger charge is -2.41. The molecule has 1 aliphatic heterocycles. The second-order valence-corrected chi connectivity index (χ2v) is 7.08. The molecule has 0 aromatic carbocycles. The van der Waals surface area contributed by atoms with Crippen molar-refractivity contribution in [2.24, 2.45) is 11.7 Å². The number of carbonyl (C=O) groups is 1. The number of hydrogen-bond acceptors (Lipinski definition) is 4. The van der Waals surface area contributed by atoms with Gasteiger partial charge >= 0.3 is 6.09 Å². The Bertz CT molecular complexity index is 337. The van der Waals surface area contributed by atoms with Crippen molar-refractivity contribution in [3.05, 3.63) is 0 Å². The summed E-state index contributed by atoms with van der Waals surface area (Å²) in [5.74, 6) is 0.942. The molecule has 0 aromatic rings. The second-order valence-electron chi connectivity index (χ2n) is 7.08. The summed E-state index contributed by atoms with van der Waals surface area (Å²) in [6, 6.07) is 0.273. The molecule has 116 valence electrons. The smallest absolute Gasteiger partial charge is 0.410 e. The van der Waals surface area contributed by atoms with Gasteiger partial charge in [-0.1, -0.05) is 12.8 Å². The van der Waals surface area contributed by atoms with Crippen LogP contribution in [0.2, 0.25) is 0 Å². The molecule has 0 spiro atoms. The Balaban J connectivity index is 1.82. The average molecular weight is 283 g/mol.